The Morgan fingerprint density at radius 2 is 1.92 bits per heavy atom. The van der Waals surface area contributed by atoms with E-state index in [9.17, 15) is 9.59 Å². The second-order valence-corrected chi connectivity index (χ2v) is 6.77. The summed E-state index contributed by atoms with van der Waals surface area (Å²) in [6.07, 6.45) is 2.69. The smallest absolute Gasteiger partial charge is 0.309 e. The topological polar surface area (TPSA) is 92.4 Å². The number of carboxylic acid groups (broad SMARTS) is 1. The van der Waals surface area contributed by atoms with Crippen LogP contribution in [-0.2, 0) is 16.0 Å². The maximum Gasteiger partial charge on any atom is 0.309 e. The van der Waals surface area contributed by atoms with E-state index in [0.717, 1.165) is 5.56 Å². The quantitative estimate of drug-likeness (QED) is 0.767. The fraction of sp³-hybridized carbons (Fsp3) is 0.421. The molecule has 0 radical (unpaired) electrons. The van der Waals surface area contributed by atoms with E-state index in [4.69, 9.17) is 9.52 Å². The average Bonchev–Trinajstić information content (AvgIpc) is 3.02. The fourth-order valence-corrected chi connectivity index (χ4v) is 2.21. The molecule has 0 atom stereocenters. The molecule has 2 aromatic rings. The van der Waals surface area contributed by atoms with Gasteiger partial charge in [0.15, 0.2) is 11.7 Å². The third kappa shape index (κ3) is 5.45. The minimum atomic E-state index is -0.870. The van der Waals surface area contributed by atoms with E-state index in [0.29, 0.717) is 31.0 Å². The van der Waals surface area contributed by atoms with Crippen molar-refractivity contribution < 1.29 is 19.1 Å². The molecule has 0 unspecified atom stereocenters. The van der Waals surface area contributed by atoms with Crippen molar-refractivity contribution in [1.29, 1.82) is 0 Å². The zero-order valence-electron chi connectivity index (χ0n) is 14.8. The number of carbonyl (C=O) groups is 2. The molecule has 6 heteroatoms. The van der Waals surface area contributed by atoms with E-state index in [-0.39, 0.29) is 12.3 Å². The molecular formula is C19H24N2O4. The largest absolute Gasteiger partial charge is 0.481 e. The molecule has 1 aromatic heterocycles. The van der Waals surface area contributed by atoms with Crippen LogP contribution in [0.2, 0.25) is 0 Å². The zero-order valence-corrected chi connectivity index (χ0v) is 14.8. The minimum absolute atomic E-state index is 0.142. The Balaban J connectivity index is 1.79. The SMILES string of the molecule is Cc1ccc(-c2cnc(CCC(=O)NCCC(C)(C)C(=O)O)o2)cc1. The lowest BCUT2D eigenvalue weighted by Gasteiger charge is -2.18. The van der Waals surface area contributed by atoms with Gasteiger partial charge in [-0.1, -0.05) is 29.8 Å². The maximum atomic E-state index is 11.9. The molecule has 1 amide bonds. The molecule has 0 aliphatic rings. The van der Waals surface area contributed by atoms with Gasteiger partial charge in [-0.2, -0.15) is 0 Å². The normalized spacial score (nSPS) is 11.3. The van der Waals surface area contributed by atoms with Gasteiger partial charge in [0.1, 0.15) is 0 Å². The molecule has 0 saturated heterocycles. The first kappa shape index (κ1) is 18.7. The summed E-state index contributed by atoms with van der Waals surface area (Å²) in [6, 6.07) is 7.94. The van der Waals surface area contributed by atoms with Crippen molar-refractivity contribution in [2.24, 2.45) is 5.41 Å². The highest BCUT2D eigenvalue weighted by Crippen LogP contribution is 2.21. The lowest BCUT2D eigenvalue weighted by Crippen LogP contribution is -2.32. The second kappa shape index (κ2) is 7.96. The molecule has 0 saturated carbocycles. The number of rotatable bonds is 8. The Morgan fingerprint density at radius 3 is 2.56 bits per heavy atom. The summed E-state index contributed by atoms with van der Waals surface area (Å²) in [5.41, 5.74) is 1.27. The summed E-state index contributed by atoms with van der Waals surface area (Å²) >= 11 is 0. The number of carboxylic acids is 1. The summed E-state index contributed by atoms with van der Waals surface area (Å²) in [5, 5.41) is 11.8. The lowest BCUT2D eigenvalue weighted by molar-refractivity contribution is -0.147. The van der Waals surface area contributed by atoms with Crippen molar-refractivity contribution in [2.75, 3.05) is 6.54 Å². The van der Waals surface area contributed by atoms with E-state index in [2.05, 4.69) is 10.3 Å². The summed E-state index contributed by atoms with van der Waals surface area (Å²) in [4.78, 5) is 27.1. The molecule has 0 aliphatic heterocycles. The number of aryl methyl sites for hydroxylation is 2. The van der Waals surface area contributed by atoms with E-state index < -0.39 is 11.4 Å². The highest BCUT2D eigenvalue weighted by Gasteiger charge is 2.26. The number of oxazole rings is 1. The van der Waals surface area contributed by atoms with Crippen LogP contribution in [0, 0.1) is 12.3 Å². The second-order valence-electron chi connectivity index (χ2n) is 6.77. The van der Waals surface area contributed by atoms with Gasteiger partial charge in [0, 0.05) is 24.9 Å². The predicted octanol–water partition coefficient (Wildman–Crippen LogP) is 3.20. The van der Waals surface area contributed by atoms with E-state index in [1.54, 1.807) is 20.0 Å². The summed E-state index contributed by atoms with van der Waals surface area (Å²) in [5.74, 6) is 0.177. The van der Waals surface area contributed by atoms with Gasteiger partial charge in [0.2, 0.25) is 5.91 Å². The Labute approximate surface area is 147 Å². The third-order valence-electron chi connectivity index (χ3n) is 4.11. The number of carbonyl (C=O) groups excluding carboxylic acids is 1. The van der Waals surface area contributed by atoms with Crippen LogP contribution in [0.1, 0.15) is 38.1 Å². The Morgan fingerprint density at radius 1 is 1.24 bits per heavy atom. The third-order valence-corrected chi connectivity index (χ3v) is 4.11. The van der Waals surface area contributed by atoms with Crippen molar-refractivity contribution in [3.63, 3.8) is 0 Å². The number of aliphatic carboxylic acids is 1. The fourth-order valence-electron chi connectivity index (χ4n) is 2.21. The number of nitrogens with zero attached hydrogens (tertiary/aromatic N) is 1. The van der Waals surface area contributed by atoms with E-state index in [1.807, 2.05) is 31.2 Å². The van der Waals surface area contributed by atoms with Crippen LogP contribution in [0.5, 0.6) is 0 Å². The lowest BCUT2D eigenvalue weighted by atomic mass is 9.90. The molecule has 2 N–H and O–H groups in total. The van der Waals surface area contributed by atoms with Gasteiger partial charge >= 0.3 is 5.97 Å². The summed E-state index contributed by atoms with van der Waals surface area (Å²) in [6.45, 7) is 5.63. The van der Waals surface area contributed by atoms with Crippen molar-refractivity contribution >= 4 is 11.9 Å². The Hall–Kier alpha value is -2.63. The van der Waals surface area contributed by atoms with Crippen LogP contribution < -0.4 is 5.32 Å². The van der Waals surface area contributed by atoms with E-state index in [1.165, 1.54) is 5.56 Å². The number of hydrogen-bond donors (Lipinski definition) is 2. The Kier molecular flexibility index (Phi) is 5.96. The summed E-state index contributed by atoms with van der Waals surface area (Å²) in [7, 11) is 0. The van der Waals surface area contributed by atoms with Crippen LogP contribution in [0.3, 0.4) is 0 Å². The first-order valence-corrected chi connectivity index (χ1v) is 8.30. The standard InChI is InChI=1S/C19H24N2O4/c1-13-4-6-14(7-5-13)15-12-21-17(25-15)9-8-16(22)20-11-10-19(2,3)18(23)24/h4-7,12H,8-11H2,1-3H3,(H,20,22)(H,23,24). The monoisotopic (exact) mass is 344 g/mol. The molecule has 6 nitrogen and oxygen atoms in total. The first-order chi connectivity index (χ1) is 11.8. The number of amides is 1. The molecule has 0 spiro atoms. The van der Waals surface area contributed by atoms with Gasteiger partial charge in [-0.05, 0) is 27.2 Å². The number of aromatic nitrogens is 1. The van der Waals surface area contributed by atoms with Gasteiger partial charge in [0.05, 0.1) is 11.6 Å². The van der Waals surface area contributed by atoms with Crippen molar-refractivity contribution in [1.82, 2.24) is 10.3 Å². The first-order valence-electron chi connectivity index (χ1n) is 8.30. The van der Waals surface area contributed by atoms with Crippen molar-refractivity contribution in [3.05, 3.63) is 41.9 Å². The zero-order chi connectivity index (χ0) is 18.4. The molecule has 134 valence electrons. The number of nitrogens with one attached hydrogen (secondary N) is 1. The number of hydrogen-bond acceptors (Lipinski definition) is 4. The van der Waals surface area contributed by atoms with Gasteiger partial charge in [0.25, 0.3) is 0 Å². The minimum Gasteiger partial charge on any atom is -0.481 e. The molecule has 0 fully saturated rings. The Bertz CT molecular complexity index is 732. The highest BCUT2D eigenvalue weighted by atomic mass is 16.4. The van der Waals surface area contributed by atoms with Crippen LogP contribution in [-0.4, -0.2) is 28.5 Å². The van der Waals surface area contributed by atoms with E-state index >= 15 is 0 Å². The molecule has 0 aliphatic carbocycles. The molecule has 1 aromatic carbocycles. The summed E-state index contributed by atoms with van der Waals surface area (Å²) < 4.78 is 5.68. The predicted molar refractivity (Wildman–Crippen MR) is 94.0 cm³/mol. The van der Waals surface area contributed by atoms with Crippen molar-refractivity contribution in [2.45, 2.75) is 40.0 Å². The molecule has 25 heavy (non-hydrogen) atoms. The molecular weight excluding hydrogens is 320 g/mol. The highest BCUT2D eigenvalue weighted by molar-refractivity contribution is 5.76. The molecule has 0 bridgehead atoms. The van der Waals surface area contributed by atoms with Crippen LogP contribution in [0.25, 0.3) is 11.3 Å². The van der Waals surface area contributed by atoms with Gasteiger partial charge < -0.3 is 14.8 Å². The van der Waals surface area contributed by atoms with Gasteiger partial charge in [-0.25, -0.2) is 4.98 Å². The van der Waals surface area contributed by atoms with Crippen LogP contribution >= 0.6 is 0 Å². The average molecular weight is 344 g/mol. The van der Waals surface area contributed by atoms with Crippen LogP contribution in [0.4, 0.5) is 0 Å². The molecule has 1 heterocycles. The maximum absolute atomic E-state index is 11.9. The number of benzene rings is 1. The van der Waals surface area contributed by atoms with Crippen LogP contribution in [0.15, 0.2) is 34.9 Å². The molecule has 2 rings (SSSR count). The van der Waals surface area contributed by atoms with Crippen molar-refractivity contribution in [3.8, 4) is 11.3 Å². The van der Waals surface area contributed by atoms with Gasteiger partial charge in [-0.15, -0.1) is 0 Å². The van der Waals surface area contributed by atoms with Gasteiger partial charge in [-0.3, -0.25) is 9.59 Å².